The van der Waals surface area contributed by atoms with Gasteiger partial charge in [-0.15, -0.1) is 0 Å². The SMILES string of the molecule is COc1ccccc1C(CN)N1C2CCC1CC(O)C2. The highest BCUT2D eigenvalue weighted by atomic mass is 16.5. The molecule has 3 N–H and O–H groups in total. The summed E-state index contributed by atoms with van der Waals surface area (Å²) in [6, 6.07) is 9.26. The van der Waals surface area contributed by atoms with Crippen LogP contribution in [0.1, 0.15) is 37.3 Å². The first-order valence-electron chi connectivity index (χ1n) is 7.53. The lowest BCUT2D eigenvalue weighted by Crippen LogP contribution is -2.48. The standard InChI is InChI=1S/C16H24N2O2/c1-20-16-5-3-2-4-14(16)15(10-17)18-11-6-7-12(18)9-13(19)8-11/h2-5,11-13,15,19H,6-10,17H2,1H3. The van der Waals surface area contributed by atoms with Crippen LogP contribution in [0.3, 0.4) is 0 Å². The van der Waals surface area contributed by atoms with Crippen molar-refractivity contribution in [1.82, 2.24) is 4.90 Å². The Morgan fingerprint density at radius 1 is 1.30 bits per heavy atom. The minimum absolute atomic E-state index is 0.139. The van der Waals surface area contributed by atoms with Gasteiger partial charge >= 0.3 is 0 Å². The highest BCUT2D eigenvalue weighted by Crippen LogP contribution is 2.42. The molecule has 0 aromatic heterocycles. The van der Waals surface area contributed by atoms with Gasteiger partial charge in [0.1, 0.15) is 5.75 Å². The molecule has 0 radical (unpaired) electrons. The van der Waals surface area contributed by atoms with E-state index in [0.717, 1.165) is 18.6 Å². The fraction of sp³-hybridized carbons (Fsp3) is 0.625. The molecule has 20 heavy (non-hydrogen) atoms. The van der Waals surface area contributed by atoms with Crippen LogP contribution in [0.2, 0.25) is 0 Å². The van der Waals surface area contributed by atoms with Gasteiger partial charge in [-0.3, -0.25) is 4.90 Å². The Balaban J connectivity index is 1.91. The molecule has 2 aliphatic rings. The van der Waals surface area contributed by atoms with E-state index in [9.17, 15) is 5.11 Å². The Kier molecular flexibility index (Phi) is 3.96. The molecule has 4 heteroatoms. The van der Waals surface area contributed by atoms with E-state index in [2.05, 4.69) is 11.0 Å². The average Bonchev–Trinajstić information content (AvgIpc) is 2.72. The Hall–Kier alpha value is -1.10. The number of hydrogen-bond acceptors (Lipinski definition) is 4. The van der Waals surface area contributed by atoms with Gasteiger partial charge < -0.3 is 15.6 Å². The van der Waals surface area contributed by atoms with E-state index in [4.69, 9.17) is 10.5 Å². The largest absolute Gasteiger partial charge is 0.496 e. The van der Waals surface area contributed by atoms with Gasteiger partial charge in [-0.2, -0.15) is 0 Å². The smallest absolute Gasteiger partial charge is 0.123 e. The minimum Gasteiger partial charge on any atom is -0.496 e. The van der Waals surface area contributed by atoms with Gasteiger partial charge in [0.2, 0.25) is 0 Å². The van der Waals surface area contributed by atoms with Gasteiger partial charge in [0, 0.05) is 24.2 Å². The van der Waals surface area contributed by atoms with Crippen molar-refractivity contribution in [3.8, 4) is 5.75 Å². The molecule has 3 unspecified atom stereocenters. The molecule has 1 aromatic rings. The Morgan fingerprint density at radius 2 is 1.95 bits per heavy atom. The van der Waals surface area contributed by atoms with Gasteiger partial charge in [-0.05, 0) is 31.7 Å². The molecule has 3 atom stereocenters. The van der Waals surface area contributed by atoms with E-state index in [1.807, 2.05) is 18.2 Å². The molecule has 0 saturated carbocycles. The number of nitrogens with zero attached hydrogens (tertiary/aromatic N) is 1. The van der Waals surface area contributed by atoms with Crippen molar-refractivity contribution >= 4 is 0 Å². The van der Waals surface area contributed by atoms with Crippen LogP contribution in [0.5, 0.6) is 5.75 Å². The molecule has 0 amide bonds. The molecule has 4 nitrogen and oxygen atoms in total. The van der Waals surface area contributed by atoms with E-state index in [-0.39, 0.29) is 12.1 Å². The predicted molar refractivity (Wildman–Crippen MR) is 78.7 cm³/mol. The number of fused-ring (bicyclic) bond motifs is 2. The maximum absolute atomic E-state index is 9.95. The van der Waals surface area contributed by atoms with E-state index in [0.29, 0.717) is 18.6 Å². The molecule has 0 spiro atoms. The molecule has 2 bridgehead atoms. The van der Waals surface area contributed by atoms with E-state index in [1.54, 1.807) is 7.11 Å². The lowest BCUT2D eigenvalue weighted by Gasteiger charge is -2.42. The molecule has 2 heterocycles. The molecular formula is C16H24N2O2. The van der Waals surface area contributed by atoms with Gasteiger partial charge in [0.15, 0.2) is 0 Å². The predicted octanol–water partition coefficient (Wildman–Crippen LogP) is 1.68. The van der Waals surface area contributed by atoms with Crippen LogP contribution in [-0.4, -0.2) is 41.8 Å². The number of methoxy groups -OCH3 is 1. The number of para-hydroxylation sites is 1. The number of aliphatic hydroxyl groups is 1. The van der Waals surface area contributed by atoms with Crippen molar-refractivity contribution in [3.63, 3.8) is 0 Å². The van der Waals surface area contributed by atoms with Crippen molar-refractivity contribution < 1.29 is 9.84 Å². The second-order valence-electron chi connectivity index (χ2n) is 5.95. The molecule has 2 saturated heterocycles. The Labute approximate surface area is 120 Å². The topological polar surface area (TPSA) is 58.7 Å². The second kappa shape index (κ2) is 5.72. The van der Waals surface area contributed by atoms with E-state index >= 15 is 0 Å². The first kappa shape index (κ1) is 13.9. The van der Waals surface area contributed by atoms with Crippen molar-refractivity contribution in [2.75, 3.05) is 13.7 Å². The lowest BCUT2D eigenvalue weighted by molar-refractivity contribution is 0.0110. The molecule has 2 aliphatic heterocycles. The number of hydrogen-bond donors (Lipinski definition) is 2. The van der Waals surface area contributed by atoms with Gasteiger partial charge in [-0.25, -0.2) is 0 Å². The number of benzene rings is 1. The summed E-state index contributed by atoms with van der Waals surface area (Å²) in [6.45, 7) is 0.587. The fourth-order valence-corrected chi connectivity index (χ4v) is 4.04. The van der Waals surface area contributed by atoms with Gasteiger partial charge in [-0.1, -0.05) is 18.2 Å². The zero-order valence-corrected chi connectivity index (χ0v) is 12.0. The van der Waals surface area contributed by atoms with Crippen LogP contribution < -0.4 is 10.5 Å². The fourth-order valence-electron chi connectivity index (χ4n) is 4.04. The number of aliphatic hydroxyl groups excluding tert-OH is 1. The summed E-state index contributed by atoms with van der Waals surface area (Å²) in [5.41, 5.74) is 7.26. The van der Waals surface area contributed by atoms with Crippen LogP contribution in [0, 0.1) is 0 Å². The third-order valence-electron chi connectivity index (χ3n) is 4.85. The molecule has 1 aromatic carbocycles. The molecule has 3 rings (SSSR count). The number of nitrogens with two attached hydrogens (primary N) is 1. The van der Waals surface area contributed by atoms with Crippen molar-refractivity contribution in [3.05, 3.63) is 29.8 Å². The van der Waals surface area contributed by atoms with Gasteiger partial charge in [0.05, 0.1) is 19.3 Å². The summed E-state index contributed by atoms with van der Waals surface area (Å²) >= 11 is 0. The zero-order valence-electron chi connectivity index (χ0n) is 12.0. The second-order valence-corrected chi connectivity index (χ2v) is 5.95. The average molecular weight is 276 g/mol. The van der Waals surface area contributed by atoms with Crippen molar-refractivity contribution in [1.29, 1.82) is 0 Å². The molecular weight excluding hydrogens is 252 g/mol. The number of rotatable bonds is 4. The lowest BCUT2D eigenvalue weighted by atomic mass is 9.94. The Bertz CT molecular complexity index is 452. The maximum atomic E-state index is 9.95. The number of ether oxygens (including phenoxy) is 1. The van der Waals surface area contributed by atoms with Crippen LogP contribution in [-0.2, 0) is 0 Å². The van der Waals surface area contributed by atoms with E-state index < -0.39 is 0 Å². The van der Waals surface area contributed by atoms with Crippen LogP contribution >= 0.6 is 0 Å². The summed E-state index contributed by atoms with van der Waals surface area (Å²) in [5, 5.41) is 9.95. The normalized spacial score (nSPS) is 31.2. The van der Waals surface area contributed by atoms with Crippen molar-refractivity contribution in [2.24, 2.45) is 5.73 Å². The third kappa shape index (κ3) is 2.32. The highest BCUT2D eigenvalue weighted by molar-refractivity contribution is 5.36. The first-order valence-corrected chi connectivity index (χ1v) is 7.53. The van der Waals surface area contributed by atoms with Gasteiger partial charge in [0.25, 0.3) is 0 Å². The summed E-state index contributed by atoms with van der Waals surface area (Å²) in [7, 11) is 1.71. The zero-order chi connectivity index (χ0) is 14.1. The van der Waals surface area contributed by atoms with Crippen molar-refractivity contribution in [2.45, 2.75) is 49.9 Å². The first-order chi connectivity index (χ1) is 9.74. The molecule has 2 fully saturated rings. The van der Waals surface area contributed by atoms with Crippen LogP contribution in [0.25, 0.3) is 0 Å². The van der Waals surface area contributed by atoms with E-state index in [1.165, 1.54) is 18.4 Å². The summed E-state index contributed by atoms with van der Waals surface area (Å²) in [5.74, 6) is 0.911. The highest BCUT2D eigenvalue weighted by Gasteiger charge is 2.43. The quantitative estimate of drug-likeness (QED) is 0.878. The van der Waals surface area contributed by atoms with Crippen LogP contribution in [0.4, 0.5) is 0 Å². The summed E-state index contributed by atoms with van der Waals surface area (Å²) in [6.07, 6.45) is 3.96. The summed E-state index contributed by atoms with van der Waals surface area (Å²) in [4.78, 5) is 2.53. The maximum Gasteiger partial charge on any atom is 0.123 e. The third-order valence-corrected chi connectivity index (χ3v) is 4.85. The molecule has 110 valence electrons. The minimum atomic E-state index is -0.139. The molecule has 0 aliphatic carbocycles. The Morgan fingerprint density at radius 3 is 2.55 bits per heavy atom. The summed E-state index contributed by atoms with van der Waals surface area (Å²) < 4.78 is 5.50. The monoisotopic (exact) mass is 276 g/mol. The van der Waals surface area contributed by atoms with Crippen LogP contribution in [0.15, 0.2) is 24.3 Å². The number of piperidine rings is 1.